The number of halogens is 2. The first-order valence-electron chi connectivity index (χ1n) is 5.42. The van der Waals surface area contributed by atoms with Gasteiger partial charge in [-0.25, -0.2) is 13.9 Å². The van der Waals surface area contributed by atoms with Crippen molar-refractivity contribution in [3.05, 3.63) is 53.1 Å². The van der Waals surface area contributed by atoms with Crippen LogP contribution in [0.25, 0.3) is 16.9 Å². The minimum Gasteiger partial charge on any atom is -0.228 e. The summed E-state index contributed by atoms with van der Waals surface area (Å²) in [5, 5.41) is 4.51. The van der Waals surface area contributed by atoms with Gasteiger partial charge in [0.2, 0.25) is 0 Å². The van der Waals surface area contributed by atoms with Gasteiger partial charge in [-0.1, -0.05) is 23.7 Å². The maximum Gasteiger partial charge on any atom is 0.160 e. The van der Waals surface area contributed by atoms with E-state index in [-0.39, 0.29) is 5.82 Å². The van der Waals surface area contributed by atoms with Gasteiger partial charge in [-0.05, 0) is 19.1 Å². The van der Waals surface area contributed by atoms with E-state index in [0.717, 1.165) is 5.56 Å². The molecule has 3 aromatic rings. The van der Waals surface area contributed by atoms with E-state index in [1.165, 1.54) is 10.6 Å². The van der Waals surface area contributed by atoms with Crippen molar-refractivity contribution in [1.82, 2.24) is 14.6 Å². The molecule has 3 rings (SSSR count). The molecular weight excluding hydrogens is 253 g/mol. The molecular formula is C13H9ClFN3. The molecule has 0 aliphatic heterocycles. The summed E-state index contributed by atoms with van der Waals surface area (Å²) < 4.78 is 15.3. The maximum absolute atomic E-state index is 13.7. The van der Waals surface area contributed by atoms with Crippen molar-refractivity contribution >= 4 is 17.2 Å². The summed E-state index contributed by atoms with van der Waals surface area (Å²) >= 11 is 6.12. The second-order valence-corrected chi connectivity index (χ2v) is 4.39. The van der Waals surface area contributed by atoms with Crippen LogP contribution in [0.1, 0.15) is 5.56 Å². The molecule has 3 nitrogen and oxygen atoms in total. The zero-order chi connectivity index (χ0) is 12.7. The maximum atomic E-state index is 13.7. The van der Waals surface area contributed by atoms with E-state index in [0.29, 0.717) is 22.1 Å². The molecule has 1 aromatic carbocycles. The lowest BCUT2D eigenvalue weighted by Crippen LogP contribution is -1.96. The van der Waals surface area contributed by atoms with Crippen LogP contribution in [0.2, 0.25) is 5.15 Å². The molecule has 0 bridgehead atoms. The Morgan fingerprint density at radius 1 is 1.28 bits per heavy atom. The lowest BCUT2D eigenvalue weighted by molar-refractivity contribution is 0.630. The first-order valence-corrected chi connectivity index (χ1v) is 5.80. The van der Waals surface area contributed by atoms with Crippen LogP contribution in [-0.4, -0.2) is 14.6 Å². The van der Waals surface area contributed by atoms with Crippen LogP contribution in [0.15, 0.2) is 36.5 Å². The fourth-order valence-electron chi connectivity index (χ4n) is 1.84. The molecule has 18 heavy (non-hydrogen) atoms. The molecule has 90 valence electrons. The third-order valence-corrected chi connectivity index (χ3v) is 3.02. The topological polar surface area (TPSA) is 30.2 Å². The number of hydrogen-bond acceptors (Lipinski definition) is 2. The lowest BCUT2D eigenvalue weighted by atomic mass is 10.1. The van der Waals surface area contributed by atoms with Gasteiger partial charge < -0.3 is 0 Å². The summed E-state index contributed by atoms with van der Waals surface area (Å²) in [6.07, 6.45) is 1.68. The van der Waals surface area contributed by atoms with Gasteiger partial charge in [0.25, 0.3) is 0 Å². The molecule has 0 radical (unpaired) electrons. The van der Waals surface area contributed by atoms with Crippen LogP contribution in [0, 0.1) is 12.7 Å². The summed E-state index contributed by atoms with van der Waals surface area (Å²) in [6, 6.07) is 8.10. The Labute approximate surface area is 108 Å². The fourth-order valence-corrected chi connectivity index (χ4v) is 2.07. The average Bonchev–Trinajstić information content (AvgIpc) is 2.72. The van der Waals surface area contributed by atoms with Crippen LogP contribution in [-0.2, 0) is 0 Å². The van der Waals surface area contributed by atoms with Crippen molar-refractivity contribution in [3.63, 3.8) is 0 Å². The molecule has 0 N–H and O–H groups in total. The number of fused-ring (bicyclic) bond motifs is 1. The standard InChI is InChI=1S/C13H9ClFN3/c1-8-7-16-18-12(14)6-11(17-13(8)18)9-4-2-3-5-10(9)15/h2-7H,1H3. The smallest absolute Gasteiger partial charge is 0.160 e. The van der Waals surface area contributed by atoms with Crippen LogP contribution < -0.4 is 0 Å². The van der Waals surface area contributed by atoms with Crippen molar-refractivity contribution in [2.75, 3.05) is 0 Å². The highest BCUT2D eigenvalue weighted by molar-refractivity contribution is 6.30. The van der Waals surface area contributed by atoms with Gasteiger partial charge in [0.15, 0.2) is 5.65 Å². The highest BCUT2D eigenvalue weighted by atomic mass is 35.5. The van der Waals surface area contributed by atoms with Gasteiger partial charge in [-0.15, -0.1) is 0 Å². The second kappa shape index (κ2) is 4.07. The van der Waals surface area contributed by atoms with Crippen molar-refractivity contribution in [2.45, 2.75) is 6.92 Å². The van der Waals surface area contributed by atoms with Gasteiger partial charge in [0.05, 0.1) is 11.9 Å². The summed E-state index contributed by atoms with van der Waals surface area (Å²) in [5.74, 6) is -0.317. The second-order valence-electron chi connectivity index (χ2n) is 4.01. The predicted molar refractivity (Wildman–Crippen MR) is 68.1 cm³/mol. The van der Waals surface area contributed by atoms with E-state index >= 15 is 0 Å². The third-order valence-electron chi connectivity index (χ3n) is 2.75. The summed E-state index contributed by atoms with van der Waals surface area (Å²) in [4.78, 5) is 4.40. The lowest BCUT2D eigenvalue weighted by Gasteiger charge is -2.05. The van der Waals surface area contributed by atoms with Crippen LogP contribution in [0.4, 0.5) is 4.39 Å². The minimum atomic E-state index is -0.317. The normalized spacial score (nSPS) is 11.1. The Bertz CT molecular complexity index is 736. The van der Waals surface area contributed by atoms with Crippen molar-refractivity contribution in [1.29, 1.82) is 0 Å². The molecule has 0 spiro atoms. The molecule has 0 saturated heterocycles. The summed E-state index contributed by atoms with van der Waals surface area (Å²) in [7, 11) is 0. The molecule has 0 aliphatic carbocycles. The molecule has 0 unspecified atom stereocenters. The minimum absolute atomic E-state index is 0.317. The number of hydrogen-bond donors (Lipinski definition) is 0. The first kappa shape index (κ1) is 11.2. The Hall–Kier alpha value is -1.94. The van der Waals surface area contributed by atoms with Gasteiger partial charge in [0, 0.05) is 17.2 Å². The van der Waals surface area contributed by atoms with Gasteiger partial charge in [-0.3, -0.25) is 0 Å². The molecule has 0 amide bonds. The van der Waals surface area contributed by atoms with Crippen LogP contribution in [0.5, 0.6) is 0 Å². The largest absolute Gasteiger partial charge is 0.228 e. The van der Waals surface area contributed by atoms with Crippen LogP contribution in [0.3, 0.4) is 0 Å². The number of aryl methyl sites for hydroxylation is 1. The van der Waals surface area contributed by atoms with Crippen molar-refractivity contribution < 1.29 is 4.39 Å². The van der Waals surface area contributed by atoms with Crippen LogP contribution >= 0.6 is 11.6 Å². The quantitative estimate of drug-likeness (QED) is 0.628. The molecule has 0 atom stereocenters. The van der Waals surface area contributed by atoms with Crippen molar-refractivity contribution in [2.24, 2.45) is 0 Å². The first-order chi connectivity index (χ1) is 8.66. The summed E-state index contributed by atoms with van der Waals surface area (Å²) in [6.45, 7) is 1.89. The van der Waals surface area contributed by atoms with E-state index in [1.54, 1.807) is 30.5 Å². The Balaban J connectivity index is 2.31. The van der Waals surface area contributed by atoms with E-state index in [9.17, 15) is 4.39 Å². The van der Waals surface area contributed by atoms with Gasteiger partial charge >= 0.3 is 0 Å². The SMILES string of the molecule is Cc1cnn2c(Cl)cc(-c3ccccc3F)nc12. The number of rotatable bonds is 1. The fraction of sp³-hybridized carbons (Fsp3) is 0.0769. The molecule has 0 saturated carbocycles. The van der Waals surface area contributed by atoms with E-state index in [4.69, 9.17) is 11.6 Å². The Morgan fingerprint density at radius 2 is 2.06 bits per heavy atom. The van der Waals surface area contributed by atoms with Gasteiger partial charge in [0.1, 0.15) is 11.0 Å². The molecule has 5 heteroatoms. The Morgan fingerprint density at radius 3 is 2.83 bits per heavy atom. The van der Waals surface area contributed by atoms with Gasteiger partial charge in [-0.2, -0.15) is 5.10 Å². The van der Waals surface area contributed by atoms with Crippen molar-refractivity contribution in [3.8, 4) is 11.3 Å². The third kappa shape index (κ3) is 1.66. The molecule has 2 heterocycles. The highest BCUT2D eigenvalue weighted by Crippen LogP contribution is 2.25. The zero-order valence-corrected chi connectivity index (χ0v) is 10.3. The zero-order valence-electron chi connectivity index (χ0n) is 9.56. The number of nitrogens with zero attached hydrogens (tertiary/aromatic N) is 3. The van der Waals surface area contributed by atoms with E-state index < -0.39 is 0 Å². The Kier molecular flexibility index (Phi) is 2.52. The predicted octanol–water partition coefficient (Wildman–Crippen LogP) is 3.50. The van der Waals surface area contributed by atoms with E-state index in [1.807, 2.05) is 6.92 Å². The number of benzene rings is 1. The molecule has 0 fully saturated rings. The number of aromatic nitrogens is 3. The average molecular weight is 262 g/mol. The molecule has 0 aliphatic rings. The monoisotopic (exact) mass is 261 g/mol. The molecule has 2 aromatic heterocycles. The summed E-state index contributed by atoms with van der Waals surface area (Å²) in [5.41, 5.74) is 2.48. The highest BCUT2D eigenvalue weighted by Gasteiger charge is 2.11. The van der Waals surface area contributed by atoms with E-state index in [2.05, 4.69) is 10.1 Å².